The summed E-state index contributed by atoms with van der Waals surface area (Å²) < 4.78 is 7.36. The Morgan fingerprint density at radius 2 is 2.21 bits per heavy atom. The fraction of sp³-hybridized carbons (Fsp3) is 0.474. The first-order valence-corrected chi connectivity index (χ1v) is 8.37. The monoisotopic (exact) mass is 330 g/mol. The molecule has 5 heteroatoms. The minimum absolute atomic E-state index is 0.139. The van der Waals surface area contributed by atoms with Gasteiger partial charge in [-0.1, -0.05) is 33.1 Å². The molecule has 1 saturated heterocycles. The summed E-state index contributed by atoms with van der Waals surface area (Å²) in [7, 11) is 0. The van der Waals surface area contributed by atoms with E-state index in [2.05, 4.69) is 27.0 Å². The van der Waals surface area contributed by atoms with Crippen molar-refractivity contribution in [1.29, 1.82) is 0 Å². The highest BCUT2D eigenvalue weighted by molar-refractivity contribution is 5.86. The van der Waals surface area contributed by atoms with E-state index in [-0.39, 0.29) is 12.1 Å². The summed E-state index contributed by atoms with van der Waals surface area (Å²) in [6, 6.07) is 1.28. The number of carbonyl (C=O) groups excluding carboxylic acids is 2. The maximum Gasteiger partial charge on any atom is 0.253 e. The molecule has 2 unspecified atom stereocenters. The summed E-state index contributed by atoms with van der Waals surface area (Å²) in [5.74, 6) is 0.404. The smallest absolute Gasteiger partial charge is 0.253 e. The highest BCUT2D eigenvalue weighted by Gasteiger charge is 2.38. The third-order valence-electron chi connectivity index (χ3n) is 4.32. The molecule has 1 aromatic rings. The van der Waals surface area contributed by atoms with Crippen molar-refractivity contribution in [2.24, 2.45) is 5.92 Å². The molecule has 1 aromatic heterocycles. The molecular formula is C19H26N2O3. The second kappa shape index (κ2) is 8.11. The van der Waals surface area contributed by atoms with Crippen molar-refractivity contribution < 1.29 is 14.3 Å². The fourth-order valence-electron chi connectivity index (χ4n) is 2.94. The van der Waals surface area contributed by atoms with Gasteiger partial charge in [-0.2, -0.15) is 0 Å². The number of carbonyl (C=O) groups is 2. The summed E-state index contributed by atoms with van der Waals surface area (Å²) in [5.41, 5.74) is 0. The minimum atomic E-state index is -0.504. The van der Waals surface area contributed by atoms with Crippen LogP contribution in [0.15, 0.2) is 24.9 Å². The molecule has 2 atom stereocenters. The van der Waals surface area contributed by atoms with E-state index in [0.717, 1.165) is 18.0 Å². The molecule has 2 rings (SSSR count). The van der Waals surface area contributed by atoms with Crippen molar-refractivity contribution in [3.63, 3.8) is 0 Å². The van der Waals surface area contributed by atoms with E-state index in [9.17, 15) is 9.59 Å². The van der Waals surface area contributed by atoms with Crippen molar-refractivity contribution in [3.8, 4) is 0 Å². The van der Waals surface area contributed by atoms with E-state index < -0.39 is 6.04 Å². The first kappa shape index (κ1) is 18.2. The number of likely N-dealkylation sites (tertiary alicyclic amines) is 1. The minimum Gasteiger partial charge on any atom is -0.358 e. The van der Waals surface area contributed by atoms with E-state index in [1.54, 1.807) is 29.0 Å². The second-order valence-corrected chi connectivity index (χ2v) is 6.49. The molecule has 0 saturated carbocycles. The molecule has 24 heavy (non-hydrogen) atoms. The maximum absolute atomic E-state index is 12.9. The Morgan fingerprint density at radius 3 is 2.83 bits per heavy atom. The Labute approximate surface area is 142 Å². The number of allylic oxidation sites excluding steroid dienone is 1. The van der Waals surface area contributed by atoms with Gasteiger partial charge in [-0.05, 0) is 42.5 Å². The molecule has 2 heterocycles. The Morgan fingerprint density at radius 1 is 1.46 bits per heavy atom. The van der Waals surface area contributed by atoms with E-state index >= 15 is 0 Å². The highest BCUT2D eigenvalue weighted by atomic mass is 16.5. The summed E-state index contributed by atoms with van der Waals surface area (Å²) in [4.78, 5) is 25.9. The highest BCUT2D eigenvalue weighted by Crippen LogP contribution is 2.24. The number of amides is 1. The van der Waals surface area contributed by atoms with Crippen LogP contribution >= 0.6 is 0 Å². The molecule has 0 radical (unpaired) electrons. The first-order chi connectivity index (χ1) is 11.5. The fourth-order valence-corrected chi connectivity index (χ4v) is 2.94. The van der Waals surface area contributed by atoms with Crippen LogP contribution in [0.4, 0.5) is 0 Å². The third kappa shape index (κ3) is 3.85. The lowest BCUT2D eigenvalue weighted by Crippen LogP contribution is -2.46. The third-order valence-corrected chi connectivity index (χ3v) is 4.32. The topological polar surface area (TPSA) is 51.5 Å². The van der Waals surface area contributed by atoms with Crippen molar-refractivity contribution in [1.82, 2.24) is 9.47 Å². The molecule has 0 spiro atoms. The van der Waals surface area contributed by atoms with Gasteiger partial charge in [0, 0.05) is 12.8 Å². The largest absolute Gasteiger partial charge is 0.358 e. The zero-order valence-electron chi connectivity index (χ0n) is 14.5. The lowest BCUT2D eigenvalue weighted by Gasteiger charge is -2.25. The molecule has 0 aromatic carbocycles. The van der Waals surface area contributed by atoms with E-state index in [1.165, 1.54) is 4.90 Å². The molecule has 1 fully saturated rings. The van der Waals surface area contributed by atoms with Crippen molar-refractivity contribution in [2.75, 3.05) is 6.61 Å². The van der Waals surface area contributed by atoms with Gasteiger partial charge >= 0.3 is 0 Å². The van der Waals surface area contributed by atoms with Crippen LogP contribution in [0.2, 0.25) is 0 Å². The van der Waals surface area contributed by atoms with Gasteiger partial charge in [-0.25, -0.2) is 0 Å². The lowest BCUT2D eigenvalue weighted by molar-refractivity contribution is -0.130. The number of aromatic nitrogens is 1. The van der Waals surface area contributed by atoms with Crippen LogP contribution in [0.5, 0.6) is 0 Å². The van der Waals surface area contributed by atoms with Crippen LogP contribution in [0.3, 0.4) is 0 Å². The normalized spacial score (nSPS) is 21.5. The molecule has 130 valence electrons. The Bertz CT molecular complexity index is 705. The summed E-state index contributed by atoms with van der Waals surface area (Å²) in [6.07, 6.45) is 7.67. The average Bonchev–Trinajstić information content (AvgIpc) is 3.11. The quantitative estimate of drug-likeness (QED) is 0.712. The molecule has 1 aliphatic rings. The van der Waals surface area contributed by atoms with Gasteiger partial charge in [0.2, 0.25) is 6.41 Å². The molecular weight excluding hydrogens is 304 g/mol. The van der Waals surface area contributed by atoms with Gasteiger partial charge in [0.05, 0.1) is 5.35 Å². The van der Waals surface area contributed by atoms with Gasteiger partial charge in [0.25, 0.3) is 5.91 Å². The number of hydrogen-bond acceptors (Lipinski definition) is 3. The lowest BCUT2D eigenvalue weighted by atomic mass is 10.1. The summed E-state index contributed by atoms with van der Waals surface area (Å²) in [6.45, 7) is 12.4. The number of ether oxygens (including phenoxy) is 1. The zero-order chi connectivity index (χ0) is 17.7. The number of rotatable bonds is 7. The van der Waals surface area contributed by atoms with Gasteiger partial charge in [-0.15, -0.1) is 0 Å². The van der Waals surface area contributed by atoms with E-state index in [1.807, 2.05) is 0 Å². The molecule has 0 bridgehead atoms. The predicted octanol–water partition coefficient (Wildman–Crippen LogP) is 1.51. The number of nitrogens with zero attached hydrogens (tertiary/aromatic N) is 2. The van der Waals surface area contributed by atoms with Gasteiger partial charge < -0.3 is 9.64 Å². The predicted molar refractivity (Wildman–Crippen MR) is 94.6 cm³/mol. The van der Waals surface area contributed by atoms with Crippen molar-refractivity contribution >= 4 is 25.0 Å². The summed E-state index contributed by atoms with van der Waals surface area (Å²) >= 11 is 0. The first-order valence-electron chi connectivity index (χ1n) is 8.37. The number of hydrogen-bond donors (Lipinski definition) is 0. The van der Waals surface area contributed by atoms with Crippen LogP contribution in [0, 0.1) is 5.92 Å². The standard InChI is InChI=1S/C19H26N2O3/c1-5-6-16-15(4)9-11-20(16)19(23)17-7-8-18(21(17)13-22)24-12-10-14(2)3/h5-6,9,11,13-14,17-18H,1,4,7-8,10,12H2,2-3H3/b16-6+. The zero-order valence-corrected chi connectivity index (χ0v) is 14.5. The average molecular weight is 330 g/mol. The maximum atomic E-state index is 12.9. The van der Waals surface area contributed by atoms with E-state index in [4.69, 9.17) is 4.74 Å². The summed E-state index contributed by atoms with van der Waals surface area (Å²) in [5, 5.41) is 1.45. The molecule has 5 nitrogen and oxygen atoms in total. The van der Waals surface area contributed by atoms with Crippen LogP contribution in [0.25, 0.3) is 12.7 Å². The van der Waals surface area contributed by atoms with Crippen molar-refractivity contribution in [3.05, 3.63) is 35.5 Å². The Hall–Kier alpha value is -2.14. The molecule has 0 aliphatic carbocycles. The van der Waals surface area contributed by atoms with Crippen LogP contribution in [-0.2, 0) is 9.53 Å². The molecule has 1 amide bonds. The second-order valence-electron chi connectivity index (χ2n) is 6.49. The Balaban J connectivity index is 2.16. The van der Waals surface area contributed by atoms with Crippen molar-refractivity contribution in [2.45, 2.75) is 45.4 Å². The Kier molecular flexibility index (Phi) is 6.15. The van der Waals surface area contributed by atoms with Gasteiger partial charge in [-0.3, -0.25) is 14.2 Å². The van der Waals surface area contributed by atoms with Gasteiger partial charge in [0.15, 0.2) is 0 Å². The molecule has 0 N–H and O–H groups in total. The van der Waals surface area contributed by atoms with Crippen LogP contribution in [0.1, 0.15) is 37.9 Å². The van der Waals surface area contributed by atoms with Gasteiger partial charge in [0.1, 0.15) is 12.3 Å². The van der Waals surface area contributed by atoms with E-state index in [0.29, 0.717) is 30.7 Å². The SMILES string of the molecule is C=C/C=c1\c(=C)ccn1C(=O)C1CCC(OCCC(C)C)N1C=O. The van der Waals surface area contributed by atoms with Crippen LogP contribution in [-0.4, -0.2) is 40.7 Å². The van der Waals surface area contributed by atoms with Crippen LogP contribution < -0.4 is 10.6 Å². The molecule has 1 aliphatic heterocycles.